The van der Waals surface area contributed by atoms with Crippen LogP contribution in [0.1, 0.15) is 32.6 Å². The van der Waals surface area contributed by atoms with Crippen LogP contribution in [0.5, 0.6) is 0 Å². The quantitative estimate of drug-likeness (QED) is 0.520. The van der Waals surface area contributed by atoms with Crippen LogP contribution in [0.3, 0.4) is 0 Å². The van der Waals surface area contributed by atoms with E-state index < -0.39 is 18.2 Å². The van der Waals surface area contributed by atoms with Crippen molar-refractivity contribution in [3.8, 4) is 0 Å². The summed E-state index contributed by atoms with van der Waals surface area (Å²) in [5, 5.41) is 0. The van der Waals surface area contributed by atoms with Crippen LogP contribution in [0.4, 0.5) is 0 Å². The Hall–Kier alpha value is -1.59. The molecule has 0 saturated carbocycles. The fourth-order valence-electron chi connectivity index (χ4n) is 1.70. The van der Waals surface area contributed by atoms with E-state index in [1.54, 1.807) is 0 Å². The third-order valence-corrected chi connectivity index (χ3v) is 2.51. The van der Waals surface area contributed by atoms with E-state index in [0.717, 1.165) is 0 Å². The van der Waals surface area contributed by atoms with E-state index in [2.05, 4.69) is 4.74 Å². The summed E-state index contributed by atoms with van der Waals surface area (Å²) in [6.45, 7) is 1.28. The second kappa shape index (κ2) is 6.22. The molecule has 0 bridgehead atoms. The number of methoxy groups -OCH3 is 1. The molecule has 0 radical (unpaired) electrons. The number of rotatable bonds is 5. The molecule has 1 heterocycles. The van der Waals surface area contributed by atoms with Gasteiger partial charge in [-0.15, -0.1) is 0 Å². The number of ether oxygens (including phenoxy) is 3. The van der Waals surface area contributed by atoms with E-state index in [1.807, 2.05) is 0 Å². The molecule has 0 aliphatic carbocycles. The lowest BCUT2D eigenvalue weighted by molar-refractivity contribution is -0.161. The highest BCUT2D eigenvalue weighted by atomic mass is 16.6. The van der Waals surface area contributed by atoms with Gasteiger partial charge in [0.15, 0.2) is 0 Å². The molecule has 1 saturated heterocycles. The number of cyclic esters (lactones) is 1. The minimum absolute atomic E-state index is 0.127. The van der Waals surface area contributed by atoms with Crippen LogP contribution in [-0.4, -0.2) is 37.2 Å². The summed E-state index contributed by atoms with van der Waals surface area (Å²) in [5.74, 6) is -1.14. The van der Waals surface area contributed by atoms with Gasteiger partial charge in [-0.2, -0.15) is 0 Å². The fraction of sp³-hybridized carbons (Fsp3) is 0.727. The molecule has 1 fully saturated rings. The molecule has 0 N–H and O–H groups in total. The van der Waals surface area contributed by atoms with Gasteiger partial charge in [0.2, 0.25) is 0 Å². The van der Waals surface area contributed by atoms with E-state index in [1.165, 1.54) is 14.0 Å². The molecule has 1 aliphatic heterocycles. The van der Waals surface area contributed by atoms with Crippen LogP contribution < -0.4 is 0 Å². The SMILES string of the molecule is COC(=O)CCC(OC(C)=O)C1CCC(=O)O1. The maximum absolute atomic E-state index is 11.0. The largest absolute Gasteiger partial charge is 0.469 e. The highest BCUT2D eigenvalue weighted by molar-refractivity contribution is 5.72. The van der Waals surface area contributed by atoms with Crippen molar-refractivity contribution in [2.24, 2.45) is 0 Å². The molecule has 0 aromatic rings. The normalized spacial score (nSPS) is 20.6. The van der Waals surface area contributed by atoms with Crippen molar-refractivity contribution in [1.82, 2.24) is 0 Å². The molecule has 0 amide bonds. The van der Waals surface area contributed by atoms with Gasteiger partial charge in [-0.1, -0.05) is 0 Å². The maximum atomic E-state index is 11.0. The summed E-state index contributed by atoms with van der Waals surface area (Å²) >= 11 is 0. The fourth-order valence-corrected chi connectivity index (χ4v) is 1.70. The zero-order chi connectivity index (χ0) is 12.8. The van der Waals surface area contributed by atoms with Crippen LogP contribution in [0, 0.1) is 0 Å². The maximum Gasteiger partial charge on any atom is 0.306 e. The first-order valence-corrected chi connectivity index (χ1v) is 5.46. The highest BCUT2D eigenvalue weighted by Crippen LogP contribution is 2.22. The minimum Gasteiger partial charge on any atom is -0.469 e. The van der Waals surface area contributed by atoms with Gasteiger partial charge in [0.1, 0.15) is 12.2 Å². The molecule has 6 heteroatoms. The number of carbonyl (C=O) groups excluding carboxylic acids is 3. The van der Waals surface area contributed by atoms with Gasteiger partial charge in [-0.3, -0.25) is 14.4 Å². The Morgan fingerprint density at radius 1 is 1.53 bits per heavy atom. The van der Waals surface area contributed by atoms with Gasteiger partial charge in [-0.05, 0) is 12.8 Å². The molecule has 2 unspecified atom stereocenters. The van der Waals surface area contributed by atoms with Gasteiger partial charge >= 0.3 is 17.9 Å². The Labute approximate surface area is 99.2 Å². The molecule has 1 rings (SSSR count). The van der Waals surface area contributed by atoms with E-state index in [4.69, 9.17) is 9.47 Å². The third-order valence-electron chi connectivity index (χ3n) is 2.51. The Kier molecular flexibility index (Phi) is 4.93. The molecular formula is C11H16O6. The zero-order valence-corrected chi connectivity index (χ0v) is 9.93. The molecule has 1 aliphatic rings. The summed E-state index contributed by atoms with van der Waals surface area (Å²) < 4.78 is 14.6. The molecule has 96 valence electrons. The van der Waals surface area contributed by atoms with Crippen LogP contribution in [0.15, 0.2) is 0 Å². The minimum atomic E-state index is -0.571. The molecule has 2 atom stereocenters. The van der Waals surface area contributed by atoms with Crippen LogP contribution in [0.25, 0.3) is 0 Å². The topological polar surface area (TPSA) is 78.9 Å². The molecule has 17 heavy (non-hydrogen) atoms. The first kappa shape index (κ1) is 13.5. The second-order valence-electron chi connectivity index (χ2n) is 3.83. The van der Waals surface area contributed by atoms with E-state index in [0.29, 0.717) is 19.3 Å². The van der Waals surface area contributed by atoms with Gasteiger partial charge in [0.05, 0.1) is 7.11 Å². The van der Waals surface area contributed by atoms with Crippen molar-refractivity contribution in [1.29, 1.82) is 0 Å². The molecular weight excluding hydrogens is 228 g/mol. The highest BCUT2D eigenvalue weighted by Gasteiger charge is 2.33. The summed E-state index contributed by atoms with van der Waals surface area (Å²) in [4.78, 5) is 32.9. The first-order chi connectivity index (χ1) is 8.02. The van der Waals surface area contributed by atoms with Crippen LogP contribution in [0.2, 0.25) is 0 Å². The lowest BCUT2D eigenvalue weighted by Gasteiger charge is -2.21. The molecule has 6 nitrogen and oxygen atoms in total. The van der Waals surface area contributed by atoms with Crippen LogP contribution >= 0.6 is 0 Å². The van der Waals surface area contributed by atoms with E-state index >= 15 is 0 Å². The average molecular weight is 244 g/mol. The number of hydrogen-bond donors (Lipinski definition) is 0. The van der Waals surface area contributed by atoms with Gasteiger partial charge in [0, 0.05) is 19.8 Å². The smallest absolute Gasteiger partial charge is 0.306 e. The Morgan fingerprint density at radius 2 is 2.24 bits per heavy atom. The van der Waals surface area contributed by atoms with Crippen molar-refractivity contribution in [2.75, 3.05) is 7.11 Å². The standard InChI is InChI=1S/C11H16O6/c1-7(12)16-8(3-5-10(13)15-2)9-4-6-11(14)17-9/h8-9H,3-6H2,1-2H3. The average Bonchev–Trinajstić information content (AvgIpc) is 2.70. The lowest BCUT2D eigenvalue weighted by Crippen LogP contribution is -2.31. The number of esters is 3. The monoisotopic (exact) mass is 244 g/mol. The predicted molar refractivity (Wildman–Crippen MR) is 55.9 cm³/mol. The zero-order valence-electron chi connectivity index (χ0n) is 9.93. The van der Waals surface area contributed by atoms with E-state index in [9.17, 15) is 14.4 Å². The summed E-state index contributed by atoms with van der Waals surface area (Å²) in [6, 6.07) is 0. The summed E-state index contributed by atoms with van der Waals surface area (Å²) in [7, 11) is 1.29. The number of carbonyl (C=O) groups is 3. The van der Waals surface area contributed by atoms with Crippen molar-refractivity contribution in [3.63, 3.8) is 0 Å². The van der Waals surface area contributed by atoms with Crippen molar-refractivity contribution in [2.45, 2.75) is 44.8 Å². The second-order valence-corrected chi connectivity index (χ2v) is 3.83. The summed E-state index contributed by atoms with van der Waals surface area (Å²) in [5.41, 5.74) is 0. The molecule has 0 spiro atoms. The van der Waals surface area contributed by atoms with E-state index in [-0.39, 0.29) is 18.4 Å². The Balaban J connectivity index is 2.51. The van der Waals surface area contributed by atoms with Gasteiger partial charge < -0.3 is 14.2 Å². The Bertz CT molecular complexity index is 311. The number of hydrogen-bond acceptors (Lipinski definition) is 6. The van der Waals surface area contributed by atoms with Crippen molar-refractivity contribution < 1.29 is 28.6 Å². The van der Waals surface area contributed by atoms with Gasteiger partial charge in [-0.25, -0.2) is 0 Å². The third kappa shape index (κ3) is 4.42. The summed E-state index contributed by atoms with van der Waals surface area (Å²) in [6.07, 6.45) is 0.236. The van der Waals surface area contributed by atoms with Gasteiger partial charge in [0.25, 0.3) is 0 Å². The van der Waals surface area contributed by atoms with Crippen molar-refractivity contribution >= 4 is 17.9 Å². The lowest BCUT2D eigenvalue weighted by atomic mass is 10.1. The van der Waals surface area contributed by atoms with Crippen molar-refractivity contribution in [3.05, 3.63) is 0 Å². The first-order valence-electron chi connectivity index (χ1n) is 5.46. The van der Waals surface area contributed by atoms with Crippen LogP contribution in [-0.2, 0) is 28.6 Å². The predicted octanol–water partition coefficient (Wildman–Crippen LogP) is 0.577. The molecule has 0 aromatic heterocycles. The Morgan fingerprint density at radius 3 is 2.71 bits per heavy atom. The molecule has 0 aromatic carbocycles.